The maximum atomic E-state index is 13.7. The van der Waals surface area contributed by atoms with Crippen molar-refractivity contribution in [3.63, 3.8) is 0 Å². The molecule has 0 aromatic heterocycles. The highest BCUT2D eigenvalue weighted by Gasteiger charge is 2.45. The topological polar surface area (TPSA) is 105 Å². The standard InChI is InChI=1S/C20H22F3NO6/c1-9(29-3)16-14(18(25)26)13(11-7-5-6-8-12(11)20(21,22)23)15(19(27)28)17(24-16)10(2)30-4/h5-10,13,24H,1-4H3,(H,25,26)(H,27,28). The van der Waals surface area contributed by atoms with Crippen molar-refractivity contribution in [2.75, 3.05) is 14.2 Å². The summed E-state index contributed by atoms with van der Waals surface area (Å²) in [4.78, 5) is 24.3. The molecular formula is C20H22F3NO6. The maximum absolute atomic E-state index is 13.7. The van der Waals surface area contributed by atoms with E-state index in [0.717, 1.165) is 18.2 Å². The summed E-state index contributed by atoms with van der Waals surface area (Å²) in [6, 6.07) is 4.31. The van der Waals surface area contributed by atoms with Crippen LogP contribution in [0.3, 0.4) is 0 Å². The SMILES string of the molecule is COC(C)C1=C(C(=O)O)C(c2ccccc2C(F)(F)F)C(C(=O)O)=C(C(C)OC)N1. The second-order valence-corrected chi connectivity index (χ2v) is 6.66. The first-order chi connectivity index (χ1) is 13.9. The monoisotopic (exact) mass is 429 g/mol. The van der Waals surface area contributed by atoms with E-state index in [1.807, 2.05) is 0 Å². The fourth-order valence-electron chi connectivity index (χ4n) is 3.41. The molecule has 2 rings (SSSR count). The Kier molecular flexibility index (Phi) is 6.94. The number of carboxylic acids is 2. The number of benzene rings is 1. The Morgan fingerprint density at radius 2 is 1.40 bits per heavy atom. The molecule has 1 aromatic rings. The molecule has 0 aliphatic carbocycles. The van der Waals surface area contributed by atoms with Crippen LogP contribution in [0, 0.1) is 0 Å². The van der Waals surface area contributed by atoms with Crippen LogP contribution in [0.4, 0.5) is 13.2 Å². The van der Waals surface area contributed by atoms with Crippen molar-refractivity contribution >= 4 is 11.9 Å². The van der Waals surface area contributed by atoms with Crippen LogP contribution < -0.4 is 5.32 Å². The van der Waals surface area contributed by atoms with Gasteiger partial charge in [0.15, 0.2) is 0 Å². The van der Waals surface area contributed by atoms with E-state index in [0.29, 0.717) is 0 Å². The molecule has 0 saturated carbocycles. The molecule has 2 atom stereocenters. The van der Waals surface area contributed by atoms with E-state index in [2.05, 4.69) is 5.32 Å². The average Bonchev–Trinajstić information content (AvgIpc) is 2.69. The van der Waals surface area contributed by atoms with Gasteiger partial charge in [0.1, 0.15) is 0 Å². The van der Waals surface area contributed by atoms with Gasteiger partial charge in [-0.3, -0.25) is 0 Å². The van der Waals surface area contributed by atoms with Crippen molar-refractivity contribution in [2.24, 2.45) is 0 Å². The van der Waals surface area contributed by atoms with Crippen molar-refractivity contribution in [1.82, 2.24) is 5.32 Å². The first-order valence-corrected chi connectivity index (χ1v) is 8.89. The van der Waals surface area contributed by atoms with Gasteiger partial charge in [0.05, 0.1) is 46.2 Å². The van der Waals surface area contributed by atoms with E-state index in [9.17, 15) is 33.0 Å². The summed E-state index contributed by atoms with van der Waals surface area (Å²) in [6.45, 7) is 3.00. The fourth-order valence-corrected chi connectivity index (χ4v) is 3.41. The minimum atomic E-state index is -4.82. The highest BCUT2D eigenvalue weighted by molar-refractivity contribution is 5.99. The van der Waals surface area contributed by atoms with Gasteiger partial charge in [-0.2, -0.15) is 13.2 Å². The van der Waals surface area contributed by atoms with Crippen LogP contribution >= 0.6 is 0 Å². The molecule has 164 valence electrons. The van der Waals surface area contributed by atoms with Crippen molar-refractivity contribution in [3.8, 4) is 0 Å². The number of nitrogens with one attached hydrogen (secondary N) is 1. The maximum Gasteiger partial charge on any atom is 0.416 e. The molecular weight excluding hydrogens is 407 g/mol. The number of carboxylic acid groups (broad SMARTS) is 2. The number of halogens is 3. The summed E-state index contributed by atoms with van der Waals surface area (Å²) >= 11 is 0. The van der Waals surface area contributed by atoms with Crippen LogP contribution in [-0.4, -0.2) is 48.6 Å². The Balaban J connectivity index is 2.98. The van der Waals surface area contributed by atoms with E-state index in [4.69, 9.17) is 9.47 Å². The number of hydrogen-bond acceptors (Lipinski definition) is 5. The van der Waals surface area contributed by atoms with Gasteiger partial charge in [-0.15, -0.1) is 0 Å². The number of dihydropyridines is 1. The van der Waals surface area contributed by atoms with Crippen molar-refractivity contribution in [3.05, 3.63) is 57.9 Å². The Labute approximate surface area is 170 Å². The minimum Gasteiger partial charge on any atom is -0.478 e. The van der Waals surface area contributed by atoms with Crippen molar-refractivity contribution in [2.45, 2.75) is 38.1 Å². The number of methoxy groups -OCH3 is 2. The van der Waals surface area contributed by atoms with Crippen LogP contribution in [-0.2, 0) is 25.2 Å². The summed E-state index contributed by atoms with van der Waals surface area (Å²) in [7, 11) is 2.60. The molecule has 30 heavy (non-hydrogen) atoms. The molecule has 7 nitrogen and oxygen atoms in total. The number of hydrogen-bond donors (Lipinski definition) is 3. The molecule has 0 saturated heterocycles. The highest BCUT2D eigenvalue weighted by atomic mass is 19.4. The second kappa shape index (κ2) is 8.88. The largest absolute Gasteiger partial charge is 0.478 e. The fraction of sp³-hybridized carbons (Fsp3) is 0.400. The van der Waals surface area contributed by atoms with E-state index >= 15 is 0 Å². The van der Waals surface area contributed by atoms with Crippen molar-refractivity contribution < 1.29 is 42.4 Å². The lowest BCUT2D eigenvalue weighted by molar-refractivity contribution is -0.139. The zero-order valence-corrected chi connectivity index (χ0v) is 16.7. The molecule has 1 aliphatic heterocycles. The molecule has 10 heteroatoms. The first-order valence-electron chi connectivity index (χ1n) is 8.89. The normalized spacial score (nSPS) is 19.4. The molecule has 3 N–H and O–H groups in total. The Bertz CT molecular complexity index is 862. The number of alkyl halides is 3. The third kappa shape index (κ3) is 4.34. The second-order valence-electron chi connectivity index (χ2n) is 6.66. The minimum absolute atomic E-state index is 0.0455. The zero-order valence-electron chi connectivity index (χ0n) is 16.7. The average molecular weight is 429 g/mol. The van der Waals surface area contributed by atoms with E-state index in [1.54, 1.807) is 0 Å². The summed E-state index contributed by atoms with van der Waals surface area (Å²) in [5.41, 5.74) is -2.77. The predicted octanol–water partition coefficient (Wildman–Crippen LogP) is 3.14. The Morgan fingerprint density at radius 1 is 0.967 bits per heavy atom. The Morgan fingerprint density at radius 3 is 1.77 bits per heavy atom. The Hall–Kier alpha value is -2.85. The van der Waals surface area contributed by atoms with Crippen LogP contribution in [0.1, 0.15) is 30.9 Å². The van der Waals surface area contributed by atoms with Gasteiger partial charge >= 0.3 is 18.1 Å². The van der Waals surface area contributed by atoms with Crippen LogP contribution in [0.5, 0.6) is 0 Å². The summed E-state index contributed by atoms with van der Waals surface area (Å²) in [5.74, 6) is -4.84. The van der Waals surface area contributed by atoms with Crippen LogP contribution in [0.2, 0.25) is 0 Å². The molecule has 0 fully saturated rings. The van der Waals surface area contributed by atoms with E-state index < -0.39 is 58.5 Å². The molecule has 1 aliphatic rings. The van der Waals surface area contributed by atoms with E-state index in [1.165, 1.54) is 34.1 Å². The molecule has 1 heterocycles. The molecule has 0 bridgehead atoms. The zero-order chi connectivity index (χ0) is 22.8. The third-order valence-corrected chi connectivity index (χ3v) is 4.99. The summed E-state index contributed by atoms with van der Waals surface area (Å²) < 4.78 is 51.5. The van der Waals surface area contributed by atoms with Gasteiger partial charge in [0, 0.05) is 14.2 Å². The number of rotatable bonds is 7. The molecule has 1 aromatic carbocycles. The van der Waals surface area contributed by atoms with Gasteiger partial charge < -0.3 is 25.0 Å². The lowest BCUT2D eigenvalue weighted by Gasteiger charge is -2.35. The quantitative estimate of drug-likeness (QED) is 0.612. The van der Waals surface area contributed by atoms with Crippen LogP contribution in [0.25, 0.3) is 0 Å². The van der Waals surface area contributed by atoms with E-state index in [-0.39, 0.29) is 11.4 Å². The van der Waals surface area contributed by atoms with Crippen molar-refractivity contribution in [1.29, 1.82) is 0 Å². The molecule has 0 radical (unpaired) electrons. The highest BCUT2D eigenvalue weighted by Crippen LogP contribution is 2.45. The molecule has 0 amide bonds. The van der Waals surface area contributed by atoms with Crippen LogP contribution in [0.15, 0.2) is 46.8 Å². The first kappa shape index (κ1) is 23.4. The smallest absolute Gasteiger partial charge is 0.416 e. The number of aliphatic carboxylic acids is 2. The van der Waals surface area contributed by atoms with Gasteiger partial charge in [-0.25, -0.2) is 9.59 Å². The summed E-state index contributed by atoms with van der Waals surface area (Å²) in [5, 5.41) is 22.5. The lowest BCUT2D eigenvalue weighted by atomic mass is 9.77. The third-order valence-electron chi connectivity index (χ3n) is 4.99. The molecule has 0 spiro atoms. The predicted molar refractivity (Wildman–Crippen MR) is 99.6 cm³/mol. The summed E-state index contributed by atoms with van der Waals surface area (Å²) in [6.07, 6.45) is -6.56. The van der Waals surface area contributed by atoms with Gasteiger partial charge in [-0.1, -0.05) is 18.2 Å². The van der Waals surface area contributed by atoms with Gasteiger partial charge in [-0.05, 0) is 25.5 Å². The molecule has 2 unspecified atom stereocenters. The van der Waals surface area contributed by atoms with Gasteiger partial charge in [0.2, 0.25) is 0 Å². The van der Waals surface area contributed by atoms with Gasteiger partial charge in [0.25, 0.3) is 0 Å². The lowest BCUT2D eigenvalue weighted by Crippen LogP contribution is -2.40. The number of ether oxygens (including phenoxy) is 2. The number of carbonyl (C=O) groups is 2.